The number of hydrogen-bond acceptors (Lipinski definition) is 3. The van der Waals surface area contributed by atoms with Gasteiger partial charge in [-0.1, -0.05) is 24.3 Å². The van der Waals surface area contributed by atoms with Crippen molar-refractivity contribution in [2.45, 2.75) is 45.6 Å². The number of para-hydroxylation sites is 1. The number of carbonyl (C=O) groups excluding carboxylic acids is 2. The van der Waals surface area contributed by atoms with E-state index in [9.17, 15) is 14.0 Å². The van der Waals surface area contributed by atoms with E-state index in [0.29, 0.717) is 23.3 Å². The third-order valence-corrected chi connectivity index (χ3v) is 7.57. The zero-order valence-corrected chi connectivity index (χ0v) is 20.9. The Morgan fingerprint density at radius 2 is 1.78 bits per heavy atom. The Morgan fingerprint density at radius 3 is 2.57 bits per heavy atom. The van der Waals surface area contributed by atoms with Crippen LogP contribution in [0.1, 0.15) is 44.6 Å². The van der Waals surface area contributed by atoms with Gasteiger partial charge in [0.25, 0.3) is 5.91 Å². The molecule has 0 bridgehead atoms. The van der Waals surface area contributed by atoms with E-state index in [1.165, 1.54) is 24.3 Å². The zero-order chi connectivity index (χ0) is 25.7. The van der Waals surface area contributed by atoms with Crippen LogP contribution in [-0.2, 0) is 16.1 Å². The normalized spacial score (nSPS) is 17.8. The number of hydrogen-bond donors (Lipinski definition) is 2. The molecule has 0 radical (unpaired) electrons. The quantitative estimate of drug-likeness (QED) is 0.338. The summed E-state index contributed by atoms with van der Waals surface area (Å²) in [4.78, 5) is 27.0. The summed E-state index contributed by atoms with van der Waals surface area (Å²) in [5.41, 5.74) is 6.54. The van der Waals surface area contributed by atoms with Crippen LogP contribution in [0.4, 0.5) is 10.1 Å². The van der Waals surface area contributed by atoms with E-state index < -0.39 is 5.92 Å². The summed E-state index contributed by atoms with van der Waals surface area (Å²) < 4.78 is 15.7. The highest BCUT2D eigenvalue weighted by atomic mass is 19.1. The summed E-state index contributed by atoms with van der Waals surface area (Å²) in [5, 5.41) is 8.54. The summed E-state index contributed by atoms with van der Waals surface area (Å²) in [6.07, 6.45) is 2.05. The molecule has 1 unspecified atom stereocenters. The zero-order valence-electron chi connectivity index (χ0n) is 20.9. The second-order valence-corrected chi connectivity index (χ2v) is 9.76. The van der Waals surface area contributed by atoms with Gasteiger partial charge in [-0.25, -0.2) is 4.39 Å². The first-order chi connectivity index (χ1) is 18.0. The molecule has 1 aliphatic heterocycles. The smallest absolute Gasteiger partial charge is 0.254 e. The van der Waals surface area contributed by atoms with E-state index >= 15 is 0 Å². The maximum atomic E-state index is 13.7. The number of fused-ring (bicyclic) bond motifs is 3. The molecule has 2 N–H and O–H groups in total. The van der Waals surface area contributed by atoms with Crippen LogP contribution < -0.4 is 10.6 Å². The largest absolute Gasteiger partial charge is 0.362 e. The van der Waals surface area contributed by atoms with Gasteiger partial charge in [0, 0.05) is 68.9 Å². The first kappa shape index (κ1) is 23.2. The lowest BCUT2D eigenvalue weighted by molar-refractivity contribution is -0.116. The lowest BCUT2D eigenvalue weighted by atomic mass is 9.74. The van der Waals surface area contributed by atoms with Crippen molar-refractivity contribution in [3.63, 3.8) is 0 Å². The second-order valence-electron chi connectivity index (χ2n) is 9.76. The van der Waals surface area contributed by atoms with Crippen molar-refractivity contribution in [2.24, 2.45) is 0 Å². The monoisotopic (exact) mass is 493 g/mol. The first-order valence-electron chi connectivity index (χ1n) is 12.8. The van der Waals surface area contributed by atoms with E-state index in [-0.39, 0.29) is 17.5 Å². The van der Waals surface area contributed by atoms with E-state index in [0.717, 1.165) is 58.1 Å². The Balaban J connectivity index is 1.52. The van der Waals surface area contributed by atoms with Gasteiger partial charge in [0.1, 0.15) is 5.82 Å². The molecule has 3 aromatic carbocycles. The number of rotatable bonds is 4. The number of aromatic nitrogens is 1. The van der Waals surface area contributed by atoms with Crippen LogP contribution in [0.2, 0.25) is 0 Å². The van der Waals surface area contributed by atoms with Crippen molar-refractivity contribution >= 4 is 39.2 Å². The van der Waals surface area contributed by atoms with Crippen molar-refractivity contribution in [3.05, 3.63) is 101 Å². The van der Waals surface area contributed by atoms with Crippen LogP contribution in [0, 0.1) is 5.82 Å². The van der Waals surface area contributed by atoms with Gasteiger partial charge in [-0.3, -0.25) is 9.59 Å². The molecule has 4 aromatic rings. The van der Waals surface area contributed by atoms with Gasteiger partial charge < -0.3 is 15.2 Å². The van der Waals surface area contributed by atoms with Crippen molar-refractivity contribution in [3.8, 4) is 0 Å². The Bertz CT molecular complexity index is 1640. The van der Waals surface area contributed by atoms with Crippen LogP contribution in [0.15, 0.2) is 89.3 Å². The molecule has 6 rings (SSSR count). The molecule has 37 heavy (non-hydrogen) atoms. The lowest BCUT2D eigenvalue weighted by Gasteiger charge is -2.34. The fraction of sp³-hybridized carbons (Fsp3) is 0.226. The fourth-order valence-corrected chi connectivity index (χ4v) is 5.94. The SMILES string of the molecule is CCn1c2ccccc2c2cc(C3C(C(=O)Nc4ccc(F)cc4)=C(C)NC4=C3C(=O)CCC4)ccc21. The molecule has 0 saturated heterocycles. The Morgan fingerprint density at radius 1 is 1.03 bits per heavy atom. The maximum absolute atomic E-state index is 13.7. The van der Waals surface area contributed by atoms with Crippen molar-refractivity contribution in [1.29, 1.82) is 0 Å². The molecule has 0 spiro atoms. The van der Waals surface area contributed by atoms with Gasteiger partial charge in [0.15, 0.2) is 5.78 Å². The third-order valence-electron chi connectivity index (χ3n) is 7.57. The van der Waals surface area contributed by atoms with Gasteiger partial charge in [-0.05, 0) is 74.7 Å². The summed E-state index contributed by atoms with van der Waals surface area (Å²) in [6.45, 7) is 4.86. The molecule has 2 heterocycles. The predicted molar refractivity (Wildman–Crippen MR) is 145 cm³/mol. The molecule has 186 valence electrons. The molecule has 1 aliphatic carbocycles. The number of halogens is 1. The Labute approximate surface area is 214 Å². The fourth-order valence-electron chi connectivity index (χ4n) is 5.94. The number of Topliss-reactive ketones (excluding diaryl/α,β-unsaturated/α-hetero) is 1. The molecule has 0 fully saturated rings. The molecule has 1 atom stereocenters. The van der Waals surface area contributed by atoms with Crippen LogP contribution in [-0.4, -0.2) is 16.3 Å². The number of ketones is 1. The number of nitrogens with one attached hydrogen (secondary N) is 2. The number of dihydropyridines is 1. The summed E-state index contributed by atoms with van der Waals surface area (Å²) in [6, 6.07) is 20.3. The summed E-state index contributed by atoms with van der Waals surface area (Å²) in [5.74, 6) is -1.08. The number of carbonyl (C=O) groups is 2. The first-order valence-corrected chi connectivity index (χ1v) is 12.8. The number of nitrogens with zero attached hydrogens (tertiary/aromatic N) is 1. The predicted octanol–water partition coefficient (Wildman–Crippen LogP) is 6.56. The van der Waals surface area contributed by atoms with Gasteiger partial charge in [-0.15, -0.1) is 0 Å². The maximum Gasteiger partial charge on any atom is 0.254 e. The number of anilines is 1. The average Bonchev–Trinajstić information content (AvgIpc) is 3.22. The van der Waals surface area contributed by atoms with Crippen molar-refractivity contribution < 1.29 is 14.0 Å². The Kier molecular flexibility index (Phi) is 5.67. The minimum Gasteiger partial charge on any atom is -0.362 e. The number of allylic oxidation sites excluding steroid dienone is 3. The molecule has 1 aromatic heterocycles. The van der Waals surface area contributed by atoms with Gasteiger partial charge in [0.05, 0.1) is 0 Å². The molecule has 0 saturated carbocycles. The number of amides is 1. The topological polar surface area (TPSA) is 63.1 Å². The third kappa shape index (κ3) is 3.84. The molecule has 6 heteroatoms. The molecular formula is C31H28FN3O2. The van der Waals surface area contributed by atoms with Crippen LogP contribution in [0.25, 0.3) is 21.8 Å². The summed E-state index contributed by atoms with van der Waals surface area (Å²) >= 11 is 0. The van der Waals surface area contributed by atoms with Crippen LogP contribution in [0.5, 0.6) is 0 Å². The molecule has 5 nitrogen and oxygen atoms in total. The van der Waals surface area contributed by atoms with Gasteiger partial charge in [-0.2, -0.15) is 0 Å². The average molecular weight is 494 g/mol. The minimum absolute atomic E-state index is 0.0782. The van der Waals surface area contributed by atoms with E-state index in [1.54, 1.807) is 0 Å². The standard InChI is InChI=1S/C31H28FN3O2/c1-3-35-25-9-5-4-7-22(25)23-17-19(11-16-26(23)35)29-28(31(37)34-21-14-12-20(32)13-15-21)18(2)33-24-8-6-10-27(36)30(24)29/h4-5,7,9,11-17,29,33H,3,6,8,10H2,1-2H3,(H,34,37). The van der Waals surface area contributed by atoms with E-state index in [4.69, 9.17) is 0 Å². The molecular weight excluding hydrogens is 465 g/mol. The van der Waals surface area contributed by atoms with Crippen molar-refractivity contribution in [1.82, 2.24) is 9.88 Å². The highest BCUT2D eigenvalue weighted by Gasteiger charge is 2.38. The Hall–Kier alpha value is -4.19. The highest BCUT2D eigenvalue weighted by molar-refractivity contribution is 6.11. The van der Waals surface area contributed by atoms with Gasteiger partial charge in [0.2, 0.25) is 0 Å². The van der Waals surface area contributed by atoms with Crippen LogP contribution in [0.3, 0.4) is 0 Å². The van der Waals surface area contributed by atoms with Crippen molar-refractivity contribution in [2.75, 3.05) is 5.32 Å². The second kappa shape index (κ2) is 9.04. The molecule has 1 amide bonds. The lowest BCUT2D eigenvalue weighted by Crippen LogP contribution is -2.35. The number of aryl methyl sites for hydroxylation is 1. The summed E-state index contributed by atoms with van der Waals surface area (Å²) in [7, 11) is 0. The number of benzene rings is 3. The highest BCUT2D eigenvalue weighted by Crippen LogP contribution is 2.44. The van der Waals surface area contributed by atoms with Crippen LogP contribution >= 0.6 is 0 Å². The van der Waals surface area contributed by atoms with E-state index in [1.807, 2.05) is 25.1 Å². The van der Waals surface area contributed by atoms with Gasteiger partial charge >= 0.3 is 0 Å². The van der Waals surface area contributed by atoms with E-state index in [2.05, 4.69) is 46.4 Å². The molecule has 2 aliphatic rings. The minimum atomic E-state index is -0.488.